The Morgan fingerprint density at radius 2 is 2.17 bits per heavy atom. The van der Waals surface area contributed by atoms with Crippen molar-refractivity contribution in [2.24, 2.45) is 5.73 Å². The smallest absolute Gasteiger partial charge is 0.0435 e. The van der Waals surface area contributed by atoms with Crippen LogP contribution in [0.15, 0.2) is 18.2 Å². The van der Waals surface area contributed by atoms with Gasteiger partial charge in [0.15, 0.2) is 0 Å². The summed E-state index contributed by atoms with van der Waals surface area (Å²) in [7, 11) is 0. The van der Waals surface area contributed by atoms with E-state index in [9.17, 15) is 0 Å². The first kappa shape index (κ1) is 9.56. The van der Waals surface area contributed by atoms with Crippen LogP contribution in [-0.2, 0) is 0 Å². The van der Waals surface area contributed by atoms with Gasteiger partial charge in [0.25, 0.3) is 0 Å². The Bertz CT molecular complexity index is 271. The molecule has 0 aliphatic heterocycles. The maximum absolute atomic E-state index is 5.89. The standard InChI is InChI=1S/C10H14ClN/c1-3-10(12)8-4-5-9(11)7(2)6-8/h4-6,10H,3,12H2,1-2H3. The van der Waals surface area contributed by atoms with E-state index >= 15 is 0 Å². The minimum atomic E-state index is 0.140. The number of hydrogen-bond acceptors (Lipinski definition) is 1. The molecule has 12 heavy (non-hydrogen) atoms. The van der Waals surface area contributed by atoms with Crippen molar-refractivity contribution >= 4 is 11.6 Å². The van der Waals surface area contributed by atoms with Gasteiger partial charge in [0.1, 0.15) is 0 Å². The summed E-state index contributed by atoms with van der Waals surface area (Å²) in [6.45, 7) is 4.07. The van der Waals surface area contributed by atoms with E-state index in [2.05, 4.69) is 13.0 Å². The summed E-state index contributed by atoms with van der Waals surface area (Å²) in [5.74, 6) is 0. The van der Waals surface area contributed by atoms with Crippen LogP contribution in [0, 0.1) is 6.92 Å². The molecule has 0 amide bonds. The molecule has 0 aliphatic carbocycles. The summed E-state index contributed by atoms with van der Waals surface area (Å²) < 4.78 is 0. The van der Waals surface area contributed by atoms with E-state index in [4.69, 9.17) is 17.3 Å². The molecule has 66 valence electrons. The molecule has 0 aliphatic rings. The van der Waals surface area contributed by atoms with Gasteiger partial charge in [-0.05, 0) is 30.5 Å². The van der Waals surface area contributed by atoms with E-state index in [1.54, 1.807) is 0 Å². The lowest BCUT2D eigenvalue weighted by Gasteiger charge is -2.10. The summed E-state index contributed by atoms with van der Waals surface area (Å²) in [6.07, 6.45) is 0.959. The predicted molar refractivity (Wildman–Crippen MR) is 53.4 cm³/mol. The summed E-state index contributed by atoms with van der Waals surface area (Å²) >= 11 is 5.89. The van der Waals surface area contributed by atoms with E-state index < -0.39 is 0 Å². The van der Waals surface area contributed by atoms with Crippen LogP contribution in [-0.4, -0.2) is 0 Å². The molecule has 0 aromatic heterocycles. The zero-order valence-corrected chi connectivity index (χ0v) is 8.23. The van der Waals surface area contributed by atoms with E-state index in [1.807, 2.05) is 19.1 Å². The monoisotopic (exact) mass is 183 g/mol. The molecular weight excluding hydrogens is 170 g/mol. The summed E-state index contributed by atoms with van der Waals surface area (Å²) in [6, 6.07) is 6.09. The van der Waals surface area contributed by atoms with E-state index in [1.165, 1.54) is 5.56 Å². The average molecular weight is 184 g/mol. The number of aryl methyl sites for hydroxylation is 1. The van der Waals surface area contributed by atoms with Crippen molar-refractivity contribution in [2.75, 3.05) is 0 Å². The van der Waals surface area contributed by atoms with Crippen molar-refractivity contribution in [3.8, 4) is 0 Å². The van der Waals surface area contributed by atoms with Crippen molar-refractivity contribution in [1.29, 1.82) is 0 Å². The fraction of sp³-hybridized carbons (Fsp3) is 0.400. The van der Waals surface area contributed by atoms with Gasteiger partial charge in [-0.15, -0.1) is 0 Å². The zero-order valence-electron chi connectivity index (χ0n) is 7.47. The average Bonchev–Trinajstić information content (AvgIpc) is 2.08. The Hall–Kier alpha value is -0.530. The van der Waals surface area contributed by atoms with Gasteiger partial charge < -0.3 is 5.73 Å². The van der Waals surface area contributed by atoms with Gasteiger partial charge >= 0.3 is 0 Å². The molecule has 1 atom stereocenters. The molecule has 1 rings (SSSR count). The van der Waals surface area contributed by atoms with Crippen molar-refractivity contribution in [3.63, 3.8) is 0 Å². The van der Waals surface area contributed by atoms with Crippen LogP contribution >= 0.6 is 11.6 Å². The van der Waals surface area contributed by atoms with Gasteiger partial charge in [0.2, 0.25) is 0 Å². The van der Waals surface area contributed by atoms with Crippen LogP contribution in [0.1, 0.15) is 30.5 Å². The van der Waals surface area contributed by atoms with Crippen molar-refractivity contribution in [3.05, 3.63) is 34.3 Å². The highest BCUT2D eigenvalue weighted by Gasteiger charge is 2.03. The van der Waals surface area contributed by atoms with E-state index in [-0.39, 0.29) is 6.04 Å². The molecule has 0 saturated heterocycles. The minimum Gasteiger partial charge on any atom is -0.324 e. The highest BCUT2D eigenvalue weighted by atomic mass is 35.5. The Kier molecular flexibility index (Phi) is 3.12. The second-order valence-electron chi connectivity index (χ2n) is 3.02. The Morgan fingerprint density at radius 1 is 1.50 bits per heavy atom. The lowest BCUT2D eigenvalue weighted by Crippen LogP contribution is -2.08. The molecule has 0 bridgehead atoms. The summed E-state index contributed by atoms with van der Waals surface area (Å²) in [5, 5.41) is 0.807. The molecule has 1 aromatic rings. The third-order valence-corrected chi connectivity index (χ3v) is 2.47. The molecule has 0 spiro atoms. The van der Waals surface area contributed by atoms with Crippen molar-refractivity contribution in [1.82, 2.24) is 0 Å². The molecule has 2 heteroatoms. The number of hydrogen-bond donors (Lipinski definition) is 1. The molecular formula is C10H14ClN. The first-order valence-electron chi connectivity index (χ1n) is 4.16. The van der Waals surface area contributed by atoms with Gasteiger partial charge in [-0.25, -0.2) is 0 Å². The third-order valence-electron chi connectivity index (χ3n) is 2.05. The SMILES string of the molecule is CCC(N)c1ccc(Cl)c(C)c1. The fourth-order valence-electron chi connectivity index (χ4n) is 1.13. The molecule has 1 unspecified atom stereocenters. The quantitative estimate of drug-likeness (QED) is 0.750. The highest BCUT2D eigenvalue weighted by molar-refractivity contribution is 6.31. The Labute approximate surface area is 78.5 Å². The molecule has 0 radical (unpaired) electrons. The lowest BCUT2D eigenvalue weighted by atomic mass is 10.0. The van der Waals surface area contributed by atoms with E-state index in [0.717, 1.165) is 17.0 Å². The Morgan fingerprint density at radius 3 is 2.67 bits per heavy atom. The second kappa shape index (κ2) is 3.92. The highest BCUT2D eigenvalue weighted by Crippen LogP contribution is 2.20. The second-order valence-corrected chi connectivity index (χ2v) is 3.43. The first-order chi connectivity index (χ1) is 5.65. The molecule has 0 heterocycles. The molecule has 0 saturated carbocycles. The predicted octanol–water partition coefficient (Wildman–Crippen LogP) is 3.06. The summed E-state index contributed by atoms with van der Waals surface area (Å²) in [4.78, 5) is 0. The topological polar surface area (TPSA) is 26.0 Å². The number of benzene rings is 1. The van der Waals surface area contributed by atoms with Gasteiger partial charge in [-0.1, -0.05) is 30.7 Å². The maximum Gasteiger partial charge on any atom is 0.0435 e. The van der Waals surface area contributed by atoms with Crippen LogP contribution < -0.4 is 5.73 Å². The third kappa shape index (κ3) is 1.99. The van der Waals surface area contributed by atoms with Gasteiger partial charge in [0, 0.05) is 11.1 Å². The maximum atomic E-state index is 5.89. The fourth-order valence-corrected chi connectivity index (χ4v) is 1.25. The largest absolute Gasteiger partial charge is 0.324 e. The van der Waals surface area contributed by atoms with Crippen LogP contribution in [0.2, 0.25) is 5.02 Å². The lowest BCUT2D eigenvalue weighted by molar-refractivity contribution is 0.698. The number of halogens is 1. The summed E-state index contributed by atoms with van der Waals surface area (Å²) in [5.41, 5.74) is 8.13. The van der Waals surface area contributed by atoms with Gasteiger partial charge in [-0.3, -0.25) is 0 Å². The van der Waals surface area contributed by atoms with Crippen LogP contribution in [0.3, 0.4) is 0 Å². The molecule has 1 nitrogen and oxygen atoms in total. The molecule has 0 fully saturated rings. The van der Waals surface area contributed by atoms with Crippen LogP contribution in [0.5, 0.6) is 0 Å². The van der Waals surface area contributed by atoms with Crippen molar-refractivity contribution in [2.45, 2.75) is 26.3 Å². The zero-order chi connectivity index (χ0) is 9.14. The van der Waals surface area contributed by atoms with E-state index in [0.29, 0.717) is 0 Å². The molecule has 1 aromatic carbocycles. The number of nitrogens with two attached hydrogens (primary N) is 1. The minimum absolute atomic E-state index is 0.140. The number of rotatable bonds is 2. The molecule has 2 N–H and O–H groups in total. The van der Waals surface area contributed by atoms with Gasteiger partial charge in [-0.2, -0.15) is 0 Å². The van der Waals surface area contributed by atoms with Gasteiger partial charge in [0.05, 0.1) is 0 Å². The van der Waals surface area contributed by atoms with Crippen LogP contribution in [0.4, 0.5) is 0 Å². The first-order valence-corrected chi connectivity index (χ1v) is 4.54. The Balaban J connectivity index is 2.96. The normalized spacial score (nSPS) is 13.0. The van der Waals surface area contributed by atoms with Crippen LogP contribution in [0.25, 0.3) is 0 Å². The van der Waals surface area contributed by atoms with Crippen molar-refractivity contribution < 1.29 is 0 Å².